The van der Waals surface area contributed by atoms with Crippen LogP contribution in [-0.2, 0) is 4.74 Å². The Morgan fingerprint density at radius 3 is 2.06 bits per heavy atom. The zero-order chi connectivity index (χ0) is 13.5. The number of methoxy groups -OCH3 is 1. The summed E-state index contributed by atoms with van der Waals surface area (Å²) in [6, 6.07) is 8.37. The molecule has 2 heteroatoms. The minimum absolute atomic E-state index is 0.163. The van der Waals surface area contributed by atoms with Crippen molar-refractivity contribution in [1.29, 1.82) is 0 Å². The van der Waals surface area contributed by atoms with Gasteiger partial charge in [0.25, 0.3) is 0 Å². The predicted octanol–water partition coefficient (Wildman–Crippen LogP) is 4.60. The summed E-state index contributed by atoms with van der Waals surface area (Å²) in [5.74, 6) is 1.88. The summed E-state index contributed by atoms with van der Waals surface area (Å²) in [6.07, 6.45) is 2.04. The van der Waals surface area contributed by atoms with Gasteiger partial charge in [-0.05, 0) is 36.5 Å². The maximum absolute atomic E-state index is 5.86. The van der Waals surface area contributed by atoms with Gasteiger partial charge in [0.05, 0.1) is 0 Å². The van der Waals surface area contributed by atoms with Crippen molar-refractivity contribution in [3.63, 3.8) is 0 Å². The monoisotopic (exact) mass is 250 g/mol. The van der Waals surface area contributed by atoms with E-state index in [0.717, 1.165) is 18.6 Å². The minimum Gasteiger partial charge on any atom is -0.465 e. The van der Waals surface area contributed by atoms with Gasteiger partial charge in [-0.2, -0.15) is 0 Å². The van der Waals surface area contributed by atoms with E-state index in [0.29, 0.717) is 11.8 Å². The molecular formula is C16H26O2. The molecule has 0 aliphatic rings. The fourth-order valence-electron chi connectivity index (χ4n) is 1.83. The normalized spacial score (nSPS) is 16.1. The highest BCUT2D eigenvalue weighted by atomic mass is 16.7. The number of hydrogen-bond acceptors (Lipinski definition) is 2. The summed E-state index contributed by atoms with van der Waals surface area (Å²) >= 11 is 0. The van der Waals surface area contributed by atoms with Gasteiger partial charge in [0.15, 0.2) is 0 Å². The van der Waals surface area contributed by atoms with E-state index in [4.69, 9.17) is 9.47 Å². The molecule has 3 atom stereocenters. The Morgan fingerprint density at radius 2 is 1.61 bits per heavy atom. The Morgan fingerprint density at radius 1 is 1.00 bits per heavy atom. The highest BCUT2D eigenvalue weighted by Gasteiger charge is 2.16. The highest BCUT2D eigenvalue weighted by Crippen LogP contribution is 2.23. The van der Waals surface area contributed by atoms with Crippen molar-refractivity contribution in [3.8, 4) is 5.75 Å². The molecule has 0 heterocycles. The first-order chi connectivity index (χ1) is 8.62. The smallest absolute Gasteiger partial charge is 0.202 e. The van der Waals surface area contributed by atoms with Crippen LogP contribution < -0.4 is 4.74 Å². The van der Waals surface area contributed by atoms with Crippen molar-refractivity contribution in [2.75, 3.05) is 7.11 Å². The molecular weight excluding hydrogens is 224 g/mol. The van der Waals surface area contributed by atoms with Crippen molar-refractivity contribution >= 4 is 0 Å². The van der Waals surface area contributed by atoms with Gasteiger partial charge in [0.1, 0.15) is 5.75 Å². The van der Waals surface area contributed by atoms with Crippen LogP contribution in [0.5, 0.6) is 5.75 Å². The van der Waals surface area contributed by atoms with Crippen molar-refractivity contribution in [3.05, 3.63) is 29.8 Å². The maximum Gasteiger partial charge on any atom is 0.202 e. The number of ether oxygens (including phenoxy) is 2. The molecule has 102 valence electrons. The van der Waals surface area contributed by atoms with Gasteiger partial charge in [-0.15, -0.1) is 0 Å². The van der Waals surface area contributed by atoms with Gasteiger partial charge >= 0.3 is 0 Å². The lowest BCUT2D eigenvalue weighted by Crippen LogP contribution is -2.26. The van der Waals surface area contributed by atoms with Crippen LogP contribution in [0.15, 0.2) is 24.3 Å². The zero-order valence-corrected chi connectivity index (χ0v) is 12.3. The van der Waals surface area contributed by atoms with E-state index >= 15 is 0 Å². The molecule has 0 radical (unpaired) electrons. The molecule has 18 heavy (non-hydrogen) atoms. The molecule has 0 amide bonds. The van der Waals surface area contributed by atoms with Gasteiger partial charge in [0, 0.05) is 13.0 Å². The molecule has 0 fully saturated rings. The van der Waals surface area contributed by atoms with Crippen molar-refractivity contribution in [1.82, 2.24) is 0 Å². The van der Waals surface area contributed by atoms with Crippen LogP contribution in [-0.4, -0.2) is 13.4 Å². The van der Waals surface area contributed by atoms with Crippen LogP contribution in [0, 0.1) is 5.92 Å². The summed E-state index contributed by atoms with van der Waals surface area (Å²) < 4.78 is 11.2. The quantitative estimate of drug-likeness (QED) is 0.658. The first-order valence-corrected chi connectivity index (χ1v) is 6.91. The fraction of sp³-hybridized carbons (Fsp3) is 0.625. The lowest BCUT2D eigenvalue weighted by molar-refractivity contribution is -0.0887. The molecule has 1 aromatic rings. The Bertz CT molecular complexity index is 331. The van der Waals surface area contributed by atoms with Crippen LogP contribution in [0.4, 0.5) is 0 Å². The molecule has 1 rings (SSSR count). The Labute approximate surface area is 111 Å². The third-order valence-corrected chi connectivity index (χ3v) is 3.65. The Kier molecular flexibility index (Phi) is 6.20. The zero-order valence-electron chi connectivity index (χ0n) is 12.3. The van der Waals surface area contributed by atoms with E-state index in [-0.39, 0.29) is 6.29 Å². The minimum atomic E-state index is -0.163. The van der Waals surface area contributed by atoms with E-state index < -0.39 is 0 Å². The molecule has 2 nitrogen and oxygen atoms in total. The molecule has 1 aromatic carbocycles. The standard InChI is InChI=1S/C16H26O2/c1-6-12(3)14-8-10-15(11-9-14)18-16(17-5)13(4)7-2/h8-13,16H,6-7H2,1-5H3. The summed E-state index contributed by atoms with van der Waals surface area (Å²) in [4.78, 5) is 0. The third-order valence-electron chi connectivity index (χ3n) is 3.65. The van der Waals surface area contributed by atoms with Crippen LogP contribution in [0.3, 0.4) is 0 Å². The molecule has 0 saturated carbocycles. The number of benzene rings is 1. The molecule has 0 N–H and O–H groups in total. The first-order valence-electron chi connectivity index (χ1n) is 6.91. The fourth-order valence-corrected chi connectivity index (χ4v) is 1.83. The maximum atomic E-state index is 5.86. The van der Waals surface area contributed by atoms with Crippen molar-refractivity contribution in [2.24, 2.45) is 5.92 Å². The second kappa shape index (κ2) is 7.42. The first kappa shape index (κ1) is 15.0. The summed E-state index contributed by atoms with van der Waals surface area (Å²) in [5.41, 5.74) is 1.36. The van der Waals surface area contributed by atoms with E-state index in [1.54, 1.807) is 7.11 Å². The second-order valence-electron chi connectivity index (χ2n) is 4.99. The predicted molar refractivity (Wildman–Crippen MR) is 76.0 cm³/mol. The van der Waals surface area contributed by atoms with Crippen LogP contribution >= 0.6 is 0 Å². The van der Waals surface area contributed by atoms with Gasteiger partial charge in [-0.1, -0.05) is 39.8 Å². The summed E-state index contributed by atoms with van der Waals surface area (Å²) in [5, 5.41) is 0. The van der Waals surface area contributed by atoms with E-state index in [9.17, 15) is 0 Å². The van der Waals surface area contributed by atoms with Gasteiger partial charge in [0.2, 0.25) is 6.29 Å². The molecule has 0 aliphatic heterocycles. The average Bonchev–Trinajstić information content (AvgIpc) is 2.43. The van der Waals surface area contributed by atoms with Crippen molar-refractivity contribution < 1.29 is 9.47 Å². The average molecular weight is 250 g/mol. The van der Waals surface area contributed by atoms with E-state index in [1.807, 2.05) is 12.1 Å². The summed E-state index contributed by atoms with van der Waals surface area (Å²) in [7, 11) is 1.70. The lowest BCUT2D eigenvalue weighted by Gasteiger charge is -2.23. The Balaban J connectivity index is 2.67. The molecule has 0 aliphatic carbocycles. The van der Waals surface area contributed by atoms with Gasteiger partial charge in [-0.25, -0.2) is 0 Å². The Hall–Kier alpha value is -1.02. The SMILES string of the molecule is CCC(C)c1ccc(OC(OC)C(C)CC)cc1. The second-order valence-corrected chi connectivity index (χ2v) is 4.99. The van der Waals surface area contributed by atoms with Crippen LogP contribution in [0.25, 0.3) is 0 Å². The molecule has 0 bridgehead atoms. The number of rotatable bonds is 7. The van der Waals surface area contributed by atoms with E-state index in [1.165, 1.54) is 5.56 Å². The van der Waals surface area contributed by atoms with Gasteiger partial charge < -0.3 is 9.47 Å². The van der Waals surface area contributed by atoms with Crippen molar-refractivity contribution in [2.45, 2.75) is 52.7 Å². The van der Waals surface area contributed by atoms with Crippen LogP contribution in [0.2, 0.25) is 0 Å². The molecule has 0 aromatic heterocycles. The molecule has 0 saturated heterocycles. The largest absolute Gasteiger partial charge is 0.465 e. The third kappa shape index (κ3) is 4.02. The summed E-state index contributed by atoms with van der Waals surface area (Å²) in [6.45, 7) is 8.74. The number of hydrogen-bond donors (Lipinski definition) is 0. The lowest BCUT2D eigenvalue weighted by atomic mass is 9.99. The highest BCUT2D eigenvalue weighted by molar-refractivity contribution is 5.29. The topological polar surface area (TPSA) is 18.5 Å². The van der Waals surface area contributed by atoms with Crippen LogP contribution in [0.1, 0.15) is 52.0 Å². The van der Waals surface area contributed by atoms with E-state index in [2.05, 4.69) is 39.8 Å². The van der Waals surface area contributed by atoms with Gasteiger partial charge in [-0.3, -0.25) is 0 Å². The molecule has 3 unspecified atom stereocenters. The molecule has 0 spiro atoms.